The Balaban J connectivity index is 1.47. The van der Waals surface area contributed by atoms with Crippen molar-refractivity contribution in [2.75, 3.05) is 5.32 Å². The van der Waals surface area contributed by atoms with Crippen LogP contribution in [0.5, 0.6) is 0 Å². The van der Waals surface area contributed by atoms with Crippen LogP contribution >= 0.6 is 11.6 Å². The lowest BCUT2D eigenvalue weighted by atomic mass is 10.2. The summed E-state index contributed by atoms with van der Waals surface area (Å²) in [6.45, 7) is -0.894. The van der Waals surface area contributed by atoms with Gasteiger partial charge in [-0.3, -0.25) is 9.25 Å². The fourth-order valence-electron chi connectivity index (χ4n) is 4.20. The van der Waals surface area contributed by atoms with Gasteiger partial charge in [0.2, 0.25) is 5.95 Å². The van der Waals surface area contributed by atoms with Crippen LogP contribution in [0.2, 0.25) is 5.02 Å². The van der Waals surface area contributed by atoms with Crippen molar-refractivity contribution in [2.24, 2.45) is 7.05 Å². The third kappa shape index (κ3) is 4.65. The highest BCUT2D eigenvalue weighted by Crippen LogP contribution is 2.34. The van der Waals surface area contributed by atoms with Crippen molar-refractivity contribution in [1.82, 2.24) is 44.1 Å². The van der Waals surface area contributed by atoms with Crippen molar-refractivity contribution in [3.63, 3.8) is 0 Å². The summed E-state index contributed by atoms with van der Waals surface area (Å²) in [7, 11) is 1.73. The van der Waals surface area contributed by atoms with Gasteiger partial charge >= 0.3 is 11.4 Å². The molecule has 0 aliphatic heterocycles. The molecule has 0 atom stereocenters. The second-order valence-corrected chi connectivity index (χ2v) is 9.53. The Morgan fingerprint density at radius 1 is 1.03 bits per heavy atom. The summed E-state index contributed by atoms with van der Waals surface area (Å²) in [6.07, 6.45) is 3.45. The second-order valence-electron chi connectivity index (χ2n) is 9.12. The molecule has 0 spiro atoms. The van der Waals surface area contributed by atoms with Crippen LogP contribution in [0, 0.1) is 17.5 Å². The number of aromatic nitrogens is 9. The Kier molecular flexibility index (Phi) is 5.94. The van der Waals surface area contributed by atoms with Crippen LogP contribution < -0.4 is 16.7 Å². The molecule has 0 amide bonds. The molecule has 0 bridgehead atoms. The van der Waals surface area contributed by atoms with Gasteiger partial charge in [0.15, 0.2) is 17.5 Å². The Morgan fingerprint density at radius 3 is 2.56 bits per heavy atom. The zero-order valence-corrected chi connectivity index (χ0v) is 20.9. The van der Waals surface area contributed by atoms with Crippen molar-refractivity contribution in [2.45, 2.75) is 32.0 Å². The first-order chi connectivity index (χ1) is 18.7. The molecule has 1 fully saturated rings. The maximum absolute atomic E-state index is 14.6. The molecule has 16 heteroatoms. The van der Waals surface area contributed by atoms with Gasteiger partial charge in [0.1, 0.15) is 5.82 Å². The SMILES string of the molecule is Cn1cc2cc(Nc3nc(=O)n(Cc4nnnn4C4CC4)c(=O)n3Cc3cc(F)c(F)cc3F)c(Cl)cc2n1. The number of anilines is 2. The molecule has 12 nitrogen and oxygen atoms in total. The van der Waals surface area contributed by atoms with Crippen LogP contribution in [0.4, 0.5) is 24.8 Å². The maximum atomic E-state index is 14.6. The van der Waals surface area contributed by atoms with E-state index in [4.69, 9.17) is 11.6 Å². The van der Waals surface area contributed by atoms with Gasteiger partial charge in [0, 0.05) is 30.3 Å². The van der Waals surface area contributed by atoms with E-state index in [0.717, 1.165) is 22.0 Å². The Morgan fingerprint density at radius 2 is 1.79 bits per heavy atom. The molecule has 1 saturated carbocycles. The number of aryl methyl sites for hydroxylation is 1. The van der Waals surface area contributed by atoms with Gasteiger partial charge in [0.05, 0.1) is 35.4 Å². The summed E-state index contributed by atoms with van der Waals surface area (Å²) >= 11 is 6.41. The van der Waals surface area contributed by atoms with Crippen molar-refractivity contribution in [1.29, 1.82) is 0 Å². The number of halogens is 4. The molecule has 3 aromatic heterocycles. The molecule has 1 N–H and O–H groups in total. The normalized spacial score (nSPS) is 13.4. The number of fused-ring (bicyclic) bond motifs is 1. The Labute approximate surface area is 221 Å². The Hall–Kier alpha value is -4.53. The summed E-state index contributed by atoms with van der Waals surface area (Å²) in [4.78, 5) is 30.7. The van der Waals surface area contributed by atoms with Gasteiger partial charge in [-0.2, -0.15) is 10.1 Å². The fourth-order valence-corrected chi connectivity index (χ4v) is 4.41. The third-order valence-corrected chi connectivity index (χ3v) is 6.59. The van der Waals surface area contributed by atoms with E-state index >= 15 is 0 Å². The van der Waals surface area contributed by atoms with E-state index in [9.17, 15) is 22.8 Å². The predicted molar refractivity (Wildman–Crippen MR) is 132 cm³/mol. The average Bonchev–Trinajstić information content (AvgIpc) is 3.51. The van der Waals surface area contributed by atoms with Crippen LogP contribution in [-0.2, 0) is 20.1 Å². The highest BCUT2D eigenvalue weighted by molar-refractivity contribution is 6.34. The molecular weight excluding hydrogens is 541 g/mol. The Bertz CT molecular complexity index is 1870. The van der Waals surface area contributed by atoms with Gasteiger partial charge in [-0.15, -0.1) is 5.10 Å². The predicted octanol–water partition coefficient (Wildman–Crippen LogP) is 2.52. The second kappa shape index (κ2) is 9.34. The number of tetrazole rings is 1. The molecule has 39 heavy (non-hydrogen) atoms. The molecule has 1 aliphatic rings. The van der Waals surface area contributed by atoms with Crippen LogP contribution in [0.25, 0.3) is 10.9 Å². The number of benzene rings is 2. The average molecular weight is 559 g/mol. The van der Waals surface area contributed by atoms with Crippen molar-refractivity contribution < 1.29 is 13.2 Å². The van der Waals surface area contributed by atoms with Gasteiger partial charge in [-0.05, 0) is 41.5 Å². The molecule has 2 aromatic carbocycles. The summed E-state index contributed by atoms with van der Waals surface area (Å²) < 4.78 is 46.9. The zero-order valence-electron chi connectivity index (χ0n) is 20.1. The van der Waals surface area contributed by atoms with Crippen molar-refractivity contribution in [3.05, 3.63) is 85.3 Å². The smallest absolute Gasteiger partial charge is 0.324 e. The maximum Gasteiger partial charge on any atom is 0.355 e. The molecule has 0 radical (unpaired) electrons. The first-order valence-electron chi connectivity index (χ1n) is 11.7. The highest BCUT2D eigenvalue weighted by Gasteiger charge is 2.28. The van der Waals surface area contributed by atoms with Gasteiger partial charge < -0.3 is 5.32 Å². The van der Waals surface area contributed by atoms with Crippen LogP contribution in [-0.4, -0.2) is 44.1 Å². The molecule has 200 valence electrons. The van der Waals surface area contributed by atoms with E-state index < -0.39 is 35.4 Å². The molecule has 0 saturated heterocycles. The first-order valence-corrected chi connectivity index (χ1v) is 12.1. The van der Waals surface area contributed by atoms with E-state index in [1.54, 1.807) is 30.1 Å². The lowest BCUT2D eigenvalue weighted by molar-refractivity contribution is 0.484. The molecule has 6 rings (SSSR count). The number of nitrogens with one attached hydrogen (secondary N) is 1. The number of hydrogen-bond acceptors (Lipinski definition) is 8. The summed E-state index contributed by atoms with van der Waals surface area (Å²) in [5.41, 5.74) is -1.31. The largest absolute Gasteiger partial charge is 0.355 e. The number of nitrogens with zero attached hydrogens (tertiary/aromatic N) is 9. The van der Waals surface area contributed by atoms with Crippen LogP contribution in [0.15, 0.2) is 40.1 Å². The molecular formula is C23H18ClF3N10O2. The highest BCUT2D eigenvalue weighted by atomic mass is 35.5. The topological polar surface area (TPSA) is 130 Å². The fraction of sp³-hybridized carbons (Fsp3) is 0.261. The summed E-state index contributed by atoms with van der Waals surface area (Å²) in [5, 5.41) is 19.5. The quantitative estimate of drug-likeness (QED) is 0.302. The number of hydrogen-bond donors (Lipinski definition) is 1. The minimum absolute atomic E-state index is 0.0719. The van der Waals surface area contributed by atoms with Gasteiger partial charge in [-0.1, -0.05) is 11.6 Å². The van der Waals surface area contributed by atoms with E-state index in [2.05, 4.69) is 30.9 Å². The van der Waals surface area contributed by atoms with Crippen LogP contribution in [0.1, 0.15) is 30.3 Å². The first kappa shape index (κ1) is 24.8. The van der Waals surface area contributed by atoms with Gasteiger partial charge in [0.25, 0.3) is 0 Å². The molecule has 1 aliphatic carbocycles. The van der Waals surface area contributed by atoms with E-state index in [0.29, 0.717) is 23.0 Å². The van der Waals surface area contributed by atoms with Crippen molar-refractivity contribution in [3.8, 4) is 0 Å². The molecule has 5 aromatic rings. The lowest BCUT2D eigenvalue weighted by Crippen LogP contribution is -2.43. The van der Waals surface area contributed by atoms with Crippen LogP contribution in [0.3, 0.4) is 0 Å². The zero-order chi connectivity index (χ0) is 27.4. The summed E-state index contributed by atoms with van der Waals surface area (Å²) in [6, 6.07) is 4.30. The van der Waals surface area contributed by atoms with Gasteiger partial charge in [-0.25, -0.2) is 32.0 Å². The minimum Gasteiger partial charge on any atom is -0.324 e. The number of rotatable bonds is 7. The van der Waals surface area contributed by atoms with E-state index in [-0.39, 0.29) is 40.6 Å². The van der Waals surface area contributed by atoms with E-state index in [1.807, 2.05) is 0 Å². The van der Waals surface area contributed by atoms with Crippen molar-refractivity contribution >= 4 is 34.1 Å². The minimum atomic E-state index is -1.38. The molecule has 0 unspecified atom stereocenters. The lowest BCUT2D eigenvalue weighted by Gasteiger charge is -2.16. The van der Waals surface area contributed by atoms with E-state index in [1.165, 1.54) is 4.68 Å². The standard InChI is InChI=1S/C23H18ClF3N10O2/c1-34-8-12-5-19(14(24)6-18(12)31-34)28-21-29-22(38)36(10-20-30-32-33-37(20)13-2-3-13)23(39)35(21)9-11-4-16(26)17(27)7-15(11)25/h4-8,13H,2-3,9-10H2,1H3,(H,28,29,38). The monoisotopic (exact) mass is 558 g/mol. The third-order valence-electron chi connectivity index (χ3n) is 6.28. The molecule has 3 heterocycles. The summed E-state index contributed by atoms with van der Waals surface area (Å²) in [5.74, 6) is -3.80.